The van der Waals surface area contributed by atoms with Crippen molar-refractivity contribution < 1.29 is 4.79 Å². The largest absolute Gasteiger partial charge is 0.324 e. The van der Waals surface area contributed by atoms with E-state index in [1.54, 1.807) is 4.90 Å². The number of benzene rings is 1. The first-order valence-corrected chi connectivity index (χ1v) is 7.09. The Bertz CT molecular complexity index is 462. The van der Waals surface area contributed by atoms with Crippen molar-refractivity contribution in [1.29, 1.82) is 0 Å². The van der Waals surface area contributed by atoms with E-state index in [0.29, 0.717) is 0 Å². The summed E-state index contributed by atoms with van der Waals surface area (Å²) in [5.74, 6) is 0.746. The standard InChI is InChI=1S/C16H24N2O/c1-12-7-9-18(10-8-12)16(19)17(4)15-6-5-13(2)11-14(15)3/h5-6,11-12H,7-10H2,1-4H3. The van der Waals surface area contributed by atoms with Gasteiger partial charge in [0.2, 0.25) is 0 Å². The molecule has 0 saturated carbocycles. The molecule has 0 radical (unpaired) electrons. The first kappa shape index (κ1) is 13.9. The molecule has 1 heterocycles. The number of hydrogen-bond donors (Lipinski definition) is 0. The van der Waals surface area contributed by atoms with Crippen LogP contribution in [0, 0.1) is 19.8 Å². The minimum absolute atomic E-state index is 0.124. The molecule has 104 valence electrons. The molecule has 1 fully saturated rings. The molecule has 2 amide bonds. The number of piperidine rings is 1. The number of carbonyl (C=O) groups excluding carboxylic acids is 1. The fourth-order valence-electron chi connectivity index (χ4n) is 2.70. The number of urea groups is 1. The zero-order valence-electron chi connectivity index (χ0n) is 12.4. The predicted molar refractivity (Wildman–Crippen MR) is 79.7 cm³/mol. The van der Waals surface area contributed by atoms with Gasteiger partial charge in [0.25, 0.3) is 0 Å². The minimum Gasteiger partial charge on any atom is -0.324 e. The number of nitrogens with zero attached hydrogens (tertiary/aromatic N) is 2. The number of rotatable bonds is 1. The van der Waals surface area contributed by atoms with Crippen molar-refractivity contribution in [3.63, 3.8) is 0 Å². The van der Waals surface area contributed by atoms with Crippen LogP contribution in [0.3, 0.4) is 0 Å². The molecule has 1 saturated heterocycles. The molecule has 0 aliphatic carbocycles. The molecule has 1 aromatic carbocycles. The van der Waals surface area contributed by atoms with Crippen LogP contribution in [0.15, 0.2) is 18.2 Å². The Kier molecular flexibility index (Phi) is 4.13. The fraction of sp³-hybridized carbons (Fsp3) is 0.562. The lowest BCUT2D eigenvalue weighted by Gasteiger charge is -2.34. The average molecular weight is 260 g/mol. The van der Waals surface area contributed by atoms with E-state index in [-0.39, 0.29) is 6.03 Å². The summed E-state index contributed by atoms with van der Waals surface area (Å²) in [6.45, 7) is 8.16. The quantitative estimate of drug-likeness (QED) is 0.757. The van der Waals surface area contributed by atoms with Gasteiger partial charge in [0.05, 0.1) is 0 Å². The molecule has 1 aliphatic rings. The Morgan fingerprint density at radius 3 is 2.47 bits per heavy atom. The van der Waals surface area contributed by atoms with E-state index in [0.717, 1.165) is 43.1 Å². The second-order valence-corrected chi connectivity index (χ2v) is 5.80. The highest BCUT2D eigenvalue weighted by Gasteiger charge is 2.24. The molecule has 0 N–H and O–H groups in total. The normalized spacial score (nSPS) is 16.5. The second-order valence-electron chi connectivity index (χ2n) is 5.80. The lowest BCUT2D eigenvalue weighted by atomic mass is 9.99. The fourth-order valence-corrected chi connectivity index (χ4v) is 2.70. The van der Waals surface area contributed by atoms with Crippen molar-refractivity contribution in [3.8, 4) is 0 Å². The van der Waals surface area contributed by atoms with E-state index in [1.165, 1.54) is 5.56 Å². The van der Waals surface area contributed by atoms with Gasteiger partial charge in [-0.2, -0.15) is 0 Å². The van der Waals surface area contributed by atoms with Crippen LogP contribution in [0.1, 0.15) is 30.9 Å². The van der Waals surface area contributed by atoms with Gasteiger partial charge in [-0.1, -0.05) is 24.6 Å². The topological polar surface area (TPSA) is 23.6 Å². The average Bonchev–Trinajstić information content (AvgIpc) is 2.38. The van der Waals surface area contributed by atoms with Gasteiger partial charge >= 0.3 is 6.03 Å². The number of carbonyl (C=O) groups is 1. The van der Waals surface area contributed by atoms with E-state index in [4.69, 9.17) is 0 Å². The number of likely N-dealkylation sites (tertiary alicyclic amines) is 1. The molecule has 0 bridgehead atoms. The summed E-state index contributed by atoms with van der Waals surface area (Å²) in [5, 5.41) is 0. The highest BCUT2D eigenvalue weighted by Crippen LogP contribution is 2.23. The zero-order valence-corrected chi connectivity index (χ0v) is 12.4. The maximum atomic E-state index is 12.5. The lowest BCUT2D eigenvalue weighted by Crippen LogP contribution is -2.45. The third-order valence-corrected chi connectivity index (χ3v) is 4.05. The Balaban J connectivity index is 2.10. The monoisotopic (exact) mass is 260 g/mol. The molecule has 19 heavy (non-hydrogen) atoms. The minimum atomic E-state index is 0.124. The molecule has 3 heteroatoms. The molecular formula is C16H24N2O. The molecule has 3 nitrogen and oxygen atoms in total. The van der Waals surface area contributed by atoms with Crippen LogP contribution in [0.5, 0.6) is 0 Å². The van der Waals surface area contributed by atoms with Crippen molar-refractivity contribution in [3.05, 3.63) is 29.3 Å². The van der Waals surface area contributed by atoms with E-state index in [9.17, 15) is 4.79 Å². The van der Waals surface area contributed by atoms with Gasteiger partial charge in [-0.25, -0.2) is 4.79 Å². The maximum absolute atomic E-state index is 12.5. The van der Waals surface area contributed by atoms with Gasteiger partial charge in [-0.05, 0) is 44.2 Å². The van der Waals surface area contributed by atoms with E-state index >= 15 is 0 Å². The summed E-state index contributed by atoms with van der Waals surface area (Å²) in [6.07, 6.45) is 2.24. The Labute approximate surface area is 116 Å². The van der Waals surface area contributed by atoms with Crippen molar-refractivity contribution in [2.45, 2.75) is 33.6 Å². The smallest absolute Gasteiger partial charge is 0.324 e. The predicted octanol–water partition coefficient (Wildman–Crippen LogP) is 3.59. The van der Waals surface area contributed by atoms with Crippen molar-refractivity contribution >= 4 is 11.7 Å². The summed E-state index contributed by atoms with van der Waals surface area (Å²) >= 11 is 0. The van der Waals surface area contributed by atoms with Crippen molar-refractivity contribution in [1.82, 2.24) is 4.90 Å². The summed E-state index contributed by atoms with van der Waals surface area (Å²) in [7, 11) is 1.87. The third-order valence-electron chi connectivity index (χ3n) is 4.05. The van der Waals surface area contributed by atoms with Crippen LogP contribution >= 0.6 is 0 Å². The van der Waals surface area contributed by atoms with Crippen LogP contribution in [0.2, 0.25) is 0 Å². The molecule has 0 unspecified atom stereocenters. The molecule has 1 aliphatic heterocycles. The molecule has 0 atom stereocenters. The zero-order chi connectivity index (χ0) is 14.0. The summed E-state index contributed by atoms with van der Waals surface area (Å²) in [4.78, 5) is 16.2. The summed E-state index contributed by atoms with van der Waals surface area (Å²) < 4.78 is 0. The second kappa shape index (κ2) is 5.64. The first-order chi connectivity index (χ1) is 8.99. The van der Waals surface area contributed by atoms with Gasteiger partial charge in [-0.15, -0.1) is 0 Å². The van der Waals surface area contributed by atoms with Crippen LogP contribution < -0.4 is 4.90 Å². The number of hydrogen-bond acceptors (Lipinski definition) is 1. The number of anilines is 1. The van der Waals surface area contributed by atoms with E-state index in [1.807, 2.05) is 18.0 Å². The Morgan fingerprint density at radius 2 is 1.89 bits per heavy atom. The Morgan fingerprint density at radius 1 is 1.26 bits per heavy atom. The maximum Gasteiger partial charge on any atom is 0.324 e. The van der Waals surface area contributed by atoms with Crippen LogP contribution in [0.4, 0.5) is 10.5 Å². The van der Waals surface area contributed by atoms with Crippen LogP contribution in [0.25, 0.3) is 0 Å². The number of aryl methyl sites for hydroxylation is 2. The molecular weight excluding hydrogens is 236 g/mol. The highest BCUT2D eigenvalue weighted by atomic mass is 16.2. The van der Waals surface area contributed by atoms with Gasteiger partial charge in [0.1, 0.15) is 0 Å². The molecule has 0 aromatic heterocycles. The summed E-state index contributed by atoms with van der Waals surface area (Å²) in [6, 6.07) is 6.34. The molecule has 0 spiro atoms. The van der Waals surface area contributed by atoms with Crippen molar-refractivity contribution in [2.75, 3.05) is 25.0 Å². The van der Waals surface area contributed by atoms with Crippen LogP contribution in [-0.4, -0.2) is 31.1 Å². The third kappa shape index (κ3) is 3.09. The summed E-state index contributed by atoms with van der Waals surface area (Å²) in [5.41, 5.74) is 3.39. The van der Waals surface area contributed by atoms with Gasteiger partial charge in [0, 0.05) is 25.8 Å². The SMILES string of the molecule is Cc1ccc(N(C)C(=O)N2CCC(C)CC2)c(C)c1. The van der Waals surface area contributed by atoms with E-state index in [2.05, 4.69) is 32.9 Å². The van der Waals surface area contributed by atoms with E-state index < -0.39 is 0 Å². The first-order valence-electron chi connectivity index (χ1n) is 7.09. The van der Waals surface area contributed by atoms with Crippen LogP contribution in [-0.2, 0) is 0 Å². The van der Waals surface area contributed by atoms with Crippen molar-refractivity contribution in [2.24, 2.45) is 5.92 Å². The Hall–Kier alpha value is -1.51. The molecule has 1 aromatic rings. The van der Waals surface area contributed by atoms with Gasteiger partial charge < -0.3 is 4.90 Å². The lowest BCUT2D eigenvalue weighted by molar-refractivity contribution is 0.181. The number of amides is 2. The van der Waals surface area contributed by atoms with Gasteiger partial charge in [-0.3, -0.25) is 4.90 Å². The van der Waals surface area contributed by atoms with Gasteiger partial charge in [0.15, 0.2) is 0 Å². The highest BCUT2D eigenvalue weighted by molar-refractivity contribution is 5.92. The molecule has 2 rings (SSSR count).